The van der Waals surface area contributed by atoms with Crippen LogP contribution in [0.5, 0.6) is 0 Å². The Morgan fingerprint density at radius 3 is 2.58 bits per heavy atom. The summed E-state index contributed by atoms with van der Waals surface area (Å²) in [5.41, 5.74) is 6.07. The van der Waals surface area contributed by atoms with Crippen LogP contribution < -0.4 is 5.73 Å². The molecule has 0 bridgehead atoms. The first-order valence-electron chi connectivity index (χ1n) is 5.21. The predicted octanol–water partition coefficient (Wildman–Crippen LogP) is 1.60. The molecule has 0 aromatic carbocycles. The zero-order valence-electron chi connectivity index (χ0n) is 8.42. The molecule has 72 valence electrons. The average molecular weight is 170 g/mol. The van der Waals surface area contributed by atoms with Crippen molar-refractivity contribution in [2.75, 3.05) is 13.6 Å². The van der Waals surface area contributed by atoms with Crippen LogP contribution in [0.2, 0.25) is 0 Å². The first-order valence-corrected chi connectivity index (χ1v) is 5.21. The van der Waals surface area contributed by atoms with Gasteiger partial charge in [0.25, 0.3) is 0 Å². The molecule has 1 rings (SSSR count). The quantitative estimate of drug-likeness (QED) is 0.697. The number of hydrogen-bond donors (Lipinski definition) is 1. The summed E-state index contributed by atoms with van der Waals surface area (Å²) in [7, 11) is 2.21. The van der Waals surface area contributed by atoms with Crippen LogP contribution in [0.15, 0.2) is 0 Å². The molecule has 1 saturated carbocycles. The van der Waals surface area contributed by atoms with Gasteiger partial charge in [-0.1, -0.05) is 19.8 Å². The number of nitrogens with two attached hydrogens (primary N) is 1. The molecule has 0 heterocycles. The van der Waals surface area contributed by atoms with Crippen LogP contribution in [-0.2, 0) is 0 Å². The van der Waals surface area contributed by atoms with Crippen molar-refractivity contribution in [1.29, 1.82) is 0 Å². The Labute approximate surface area is 76.1 Å². The van der Waals surface area contributed by atoms with Gasteiger partial charge in [-0.2, -0.15) is 0 Å². The summed E-state index contributed by atoms with van der Waals surface area (Å²) in [6.07, 6.45) is 6.46. The van der Waals surface area contributed by atoms with Crippen molar-refractivity contribution >= 4 is 0 Å². The van der Waals surface area contributed by atoms with Gasteiger partial charge in [0.15, 0.2) is 0 Å². The van der Waals surface area contributed by atoms with E-state index in [9.17, 15) is 0 Å². The molecule has 0 aromatic rings. The highest BCUT2D eigenvalue weighted by molar-refractivity contribution is 4.84. The lowest BCUT2D eigenvalue weighted by atomic mass is 9.90. The van der Waals surface area contributed by atoms with Crippen LogP contribution >= 0.6 is 0 Å². The van der Waals surface area contributed by atoms with Gasteiger partial charge in [0, 0.05) is 12.1 Å². The second kappa shape index (κ2) is 4.83. The topological polar surface area (TPSA) is 29.3 Å². The van der Waals surface area contributed by atoms with E-state index in [2.05, 4.69) is 18.9 Å². The first kappa shape index (κ1) is 10.0. The fourth-order valence-corrected chi connectivity index (χ4v) is 2.21. The summed E-state index contributed by atoms with van der Waals surface area (Å²) in [6, 6.07) is 1.08. The van der Waals surface area contributed by atoms with Gasteiger partial charge >= 0.3 is 0 Å². The molecular formula is C10H22N2. The third kappa shape index (κ3) is 2.46. The Kier molecular flexibility index (Phi) is 4.02. The van der Waals surface area contributed by atoms with E-state index in [4.69, 9.17) is 5.73 Å². The molecule has 1 aliphatic rings. The van der Waals surface area contributed by atoms with E-state index in [1.54, 1.807) is 0 Å². The normalized spacial score (nSPS) is 31.0. The van der Waals surface area contributed by atoms with E-state index in [1.807, 2.05) is 0 Å². The van der Waals surface area contributed by atoms with Gasteiger partial charge in [0.1, 0.15) is 0 Å². The van der Waals surface area contributed by atoms with Crippen molar-refractivity contribution in [2.45, 2.75) is 51.1 Å². The van der Waals surface area contributed by atoms with Crippen molar-refractivity contribution in [3.8, 4) is 0 Å². The number of rotatable bonds is 3. The van der Waals surface area contributed by atoms with E-state index in [0.29, 0.717) is 12.1 Å². The number of hydrogen-bond acceptors (Lipinski definition) is 2. The number of likely N-dealkylation sites (N-methyl/N-ethyl adjacent to an activating group) is 1. The maximum Gasteiger partial charge on any atom is 0.0244 e. The van der Waals surface area contributed by atoms with Crippen molar-refractivity contribution in [2.24, 2.45) is 5.73 Å². The van der Waals surface area contributed by atoms with Crippen LogP contribution in [0.4, 0.5) is 0 Å². The molecular weight excluding hydrogens is 148 g/mol. The SMILES string of the molecule is CCCN(C)[C@H]1CCCC[C@@H]1N. The molecule has 2 atom stereocenters. The molecule has 0 spiro atoms. The lowest BCUT2D eigenvalue weighted by molar-refractivity contribution is 0.169. The molecule has 1 fully saturated rings. The van der Waals surface area contributed by atoms with Crippen LogP contribution in [0.3, 0.4) is 0 Å². The smallest absolute Gasteiger partial charge is 0.0244 e. The molecule has 0 amide bonds. The summed E-state index contributed by atoms with van der Waals surface area (Å²) in [4.78, 5) is 2.43. The lowest BCUT2D eigenvalue weighted by Gasteiger charge is -2.35. The van der Waals surface area contributed by atoms with Gasteiger partial charge in [-0.25, -0.2) is 0 Å². The van der Waals surface area contributed by atoms with Crippen molar-refractivity contribution in [3.63, 3.8) is 0 Å². The maximum atomic E-state index is 6.07. The Morgan fingerprint density at radius 2 is 2.00 bits per heavy atom. The molecule has 0 saturated heterocycles. The zero-order valence-corrected chi connectivity index (χ0v) is 8.42. The standard InChI is InChI=1S/C10H22N2/c1-3-8-12(2)10-7-5-4-6-9(10)11/h9-10H,3-8,11H2,1-2H3/t9-,10-/m0/s1. The first-order chi connectivity index (χ1) is 5.75. The molecule has 0 aliphatic heterocycles. The Balaban J connectivity index is 2.36. The highest BCUT2D eigenvalue weighted by Crippen LogP contribution is 2.20. The minimum atomic E-state index is 0.426. The van der Waals surface area contributed by atoms with Gasteiger partial charge < -0.3 is 10.6 Å². The molecule has 0 radical (unpaired) electrons. The minimum Gasteiger partial charge on any atom is -0.326 e. The van der Waals surface area contributed by atoms with Gasteiger partial charge in [-0.3, -0.25) is 0 Å². The lowest BCUT2D eigenvalue weighted by Crippen LogP contribution is -2.48. The van der Waals surface area contributed by atoms with Gasteiger partial charge in [-0.15, -0.1) is 0 Å². The Hall–Kier alpha value is -0.0800. The summed E-state index contributed by atoms with van der Waals surface area (Å²) < 4.78 is 0. The molecule has 2 N–H and O–H groups in total. The van der Waals surface area contributed by atoms with E-state index < -0.39 is 0 Å². The van der Waals surface area contributed by atoms with Crippen LogP contribution in [0, 0.1) is 0 Å². The second-order valence-electron chi connectivity index (χ2n) is 4.00. The van der Waals surface area contributed by atoms with E-state index in [0.717, 1.165) is 0 Å². The monoisotopic (exact) mass is 170 g/mol. The van der Waals surface area contributed by atoms with Crippen LogP contribution in [-0.4, -0.2) is 30.6 Å². The molecule has 12 heavy (non-hydrogen) atoms. The van der Waals surface area contributed by atoms with E-state index in [1.165, 1.54) is 38.6 Å². The fraction of sp³-hybridized carbons (Fsp3) is 1.00. The third-order valence-corrected chi connectivity index (χ3v) is 2.92. The highest BCUT2D eigenvalue weighted by atomic mass is 15.1. The molecule has 1 aliphatic carbocycles. The maximum absolute atomic E-state index is 6.07. The molecule has 2 nitrogen and oxygen atoms in total. The third-order valence-electron chi connectivity index (χ3n) is 2.92. The fourth-order valence-electron chi connectivity index (χ4n) is 2.21. The Morgan fingerprint density at radius 1 is 1.33 bits per heavy atom. The molecule has 0 aromatic heterocycles. The van der Waals surface area contributed by atoms with Gasteiger partial charge in [0.2, 0.25) is 0 Å². The van der Waals surface area contributed by atoms with Crippen molar-refractivity contribution in [3.05, 3.63) is 0 Å². The Bertz CT molecular complexity index is 125. The highest BCUT2D eigenvalue weighted by Gasteiger charge is 2.24. The van der Waals surface area contributed by atoms with Crippen molar-refractivity contribution in [1.82, 2.24) is 4.90 Å². The van der Waals surface area contributed by atoms with Crippen LogP contribution in [0.1, 0.15) is 39.0 Å². The van der Waals surface area contributed by atoms with Gasteiger partial charge in [-0.05, 0) is 32.9 Å². The average Bonchev–Trinajstić information content (AvgIpc) is 2.05. The summed E-state index contributed by atoms with van der Waals surface area (Å²) in [5.74, 6) is 0. The summed E-state index contributed by atoms with van der Waals surface area (Å²) in [6.45, 7) is 3.42. The van der Waals surface area contributed by atoms with E-state index in [-0.39, 0.29) is 0 Å². The van der Waals surface area contributed by atoms with E-state index >= 15 is 0 Å². The summed E-state index contributed by atoms with van der Waals surface area (Å²) >= 11 is 0. The molecule has 2 heteroatoms. The second-order valence-corrected chi connectivity index (χ2v) is 4.00. The predicted molar refractivity (Wildman–Crippen MR) is 53.2 cm³/mol. The van der Waals surface area contributed by atoms with Gasteiger partial charge in [0.05, 0.1) is 0 Å². The van der Waals surface area contributed by atoms with Crippen LogP contribution in [0.25, 0.3) is 0 Å². The number of nitrogens with zero attached hydrogens (tertiary/aromatic N) is 1. The molecule has 0 unspecified atom stereocenters. The zero-order chi connectivity index (χ0) is 8.97. The largest absolute Gasteiger partial charge is 0.326 e. The minimum absolute atomic E-state index is 0.426. The summed E-state index contributed by atoms with van der Waals surface area (Å²) in [5, 5.41) is 0. The van der Waals surface area contributed by atoms with Crippen molar-refractivity contribution < 1.29 is 0 Å².